The molecule has 3 rings (SSSR count). The molecule has 1 aliphatic rings. The molecule has 0 radical (unpaired) electrons. The third-order valence-corrected chi connectivity index (χ3v) is 4.86. The van der Waals surface area contributed by atoms with Crippen LogP contribution in [0.1, 0.15) is 5.69 Å². The summed E-state index contributed by atoms with van der Waals surface area (Å²) in [6.07, 6.45) is 2.63. The highest BCUT2D eigenvalue weighted by molar-refractivity contribution is 7.07. The summed E-state index contributed by atoms with van der Waals surface area (Å²) in [5.74, 6) is 0.918. The maximum atomic E-state index is 11.4. The van der Waals surface area contributed by atoms with Crippen molar-refractivity contribution >= 4 is 35.0 Å². The van der Waals surface area contributed by atoms with E-state index < -0.39 is 0 Å². The number of carbonyl (C=O) groups excluding carboxylic acids is 1. The molecule has 128 valence electrons. The summed E-state index contributed by atoms with van der Waals surface area (Å²) in [7, 11) is 0. The Bertz CT molecular complexity index is 630. The van der Waals surface area contributed by atoms with Crippen molar-refractivity contribution in [3.8, 4) is 0 Å². The topological polar surface area (TPSA) is 58.6 Å². The van der Waals surface area contributed by atoms with Gasteiger partial charge in [0.15, 0.2) is 0 Å². The number of anilines is 1. The van der Waals surface area contributed by atoms with E-state index in [2.05, 4.69) is 19.8 Å². The lowest BCUT2D eigenvalue weighted by atomic mass is 10.2. The molecule has 2 aromatic heterocycles. The fourth-order valence-corrected chi connectivity index (χ4v) is 3.32. The van der Waals surface area contributed by atoms with E-state index in [1.165, 1.54) is 0 Å². The van der Waals surface area contributed by atoms with Crippen LogP contribution in [0, 0.1) is 0 Å². The van der Waals surface area contributed by atoms with Crippen molar-refractivity contribution in [2.75, 3.05) is 37.7 Å². The zero-order valence-electron chi connectivity index (χ0n) is 13.2. The summed E-state index contributed by atoms with van der Waals surface area (Å²) >= 11 is 7.41. The van der Waals surface area contributed by atoms with Crippen LogP contribution in [-0.4, -0.2) is 60.0 Å². The maximum absolute atomic E-state index is 11.4. The number of nitrogens with zero attached hydrogens (tertiary/aromatic N) is 4. The van der Waals surface area contributed by atoms with Crippen LogP contribution in [0.4, 0.5) is 5.82 Å². The first kappa shape index (κ1) is 17.3. The number of aldehydes is 1. The van der Waals surface area contributed by atoms with Crippen LogP contribution < -0.4 is 4.90 Å². The molecule has 0 aromatic carbocycles. The summed E-state index contributed by atoms with van der Waals surface area (Å²) in [6, 6.07) is 3.55. The van der Waals surface area contributed by atoms with Crippen LogP contribution in [-0.2, 0) is 16.1 Å². The predicted octanol–water partition coefficient (Wildman–Crippen LogP) is 2.10. The van der Waals surface area contributed by atoms with Crippen LogP contribution in [0.3, 0.4) is 0 Å². The van der Waals surface area contributed by atoms with E-state index >= 15 is 0 Å². The van der Waals surface area contributed by atoms with Crippen molar-refractivity contribution in [2.45, 2.75) is 12.6 Å². The van der Waals surface area contributed by atoms with E-state index in [4.69, 9.17) is 16.3 Å². The monoisotopic (exact) mass is 366 g/mol. The van der Waals surface area contributed by atoms with Crippen LogP contribution in [0.25, 0.3) is 0 Å². The highest BCUT2D eigenvalue weighted by Crippen LogP contribution is 2.17. The van der Waals surface area contributed by atoms with Gasteiger partial charge in [-0.25, -0.2) is 9.97 Å². The van der Waals surface area contributed by atoms with Gasteiger partial charge < -0.3 is 14.4 Å². The lowest BCUT2D eigenvalue weighted by Crippen LogP contribution is -2.52. The van der Waals surface area contributed by atoms with Crippen molar-refractivity contribution in [2.24, 2.45) is 0 Å². The number of hydrogen-bond donors (Lipinski definition) is 0. The van der Waals surface area contributed by atoms with E-state index in [1.54, 1.807) is 23.0 Å². The number of halogens is 1. The number of aromatic nitrogens is 2. The van der Waals surface area contributed by atoms with E-state index in [0.717, 1.165) is 44.0 Å². The first-order valence-electron chi connectivity index (χ1n) is 7.77. The minimum Gasteiger partial charge on any atom is -0.373 e. The van der Waals surface area contributed by atoms with Crippen LogP contribution >= 0.6 is 22.9 Å². The lowest BCUT2D eigenvalue weighted by molar-refractivity contribution is -0.115. The second-order valence-corrected chi connectivity index (χ2v) is 6.71. The van der Waals surface area contributed by atoms with Gasteiger partial charge in [0.05, 0.1) is 35.5 Å². The van der Waals surface area contributed by atoms with Gasteiger partial charge >= 0.3 is 0 Å². The van der Waals surface area contributed by atoms with Crippen molar-refractivity contribution in [1.29, 1.82) is 0 Å². The number of pyridine rings is 1. The molecular weight excluding hydrogens is 348 g/mol. The normalized spacial score (nSPS) is 17.0. The van der Waals surface area contributed by atoms with Gasteiger partial charge in [-0.1, -0.05) is 11.6 Å². The summed E-state index contributed by atoms with van der Waals surface area (Å²) in [5, 5.41) is 2.59. The highest BCUT2D eigenvalue weighted by atomic mass is 35.5. The molecule has 0 aliphatic carbocycles. The smallest absolute Gasteiger partial charge is 0.139 e. The Morgan fingerprint density at radius 1 is 1.29 bits per heavy atom. The molecule has 1 fully saturated rings. The molecule has 1 saturated heterocycles. The molecule has 8 heteroatoms. The highest BCUT2D eigenvalue weighted by Gasteiger charge is 2.24. The Kier molecular flexibility index (Phi) is 6.14. The molecule has 0 amide bonds. The molecule has 1 atom stereocenters. The van der Waals surface area contributed by atoms with E-state index in [0.29, 0.717) is 18.2 Å². The SMILES string of the molecule is O=CC(COCc1cscn1)N1CCN(c2ccc(Cl)cn2)CC1. The van der Waals surface area contributed by atoms with Crippen LogP contribution in [0.5, 0.6) is 0 Å². The van der Waals surface area contributed by atoms with Crippen LogP contribution in [0.15, 0.2) is 29.2 Å². The largest absolute Gasteiger partial charge is 0.373 e. The molecular formula is C16H19ClN4O2S. The fraction of sp³-hybridized carbons (Fsp3) is 0.438. The Morgan fingerprint density at radius 3 is 2.75 bits per heavy atom. The molecule has 6 nitrogen and oxygen atoms in total. The quantitative estimate of drug-likeness (QED) is 0.699. The number of carbonyl (C=O) groups is 1. The molecule has 24 heavy (non-hydrogen) atoms. The van der Waals surface area contributed by atoms with Gasteiger partial charge in [-0.15, -0.1) is 11.3 Å². The van der Waals surface area contributed by atoms with Gasteiger partial charge in [0.1, 0.15) is 12.1 Å². The van der Waals surface area contributed by atoms with Crippen LogP contribution in [0.2, 0.25) is 5.02 Å². The van der Waals surface area contributed by atoms with Crippen molar-refractivity contribution in [3.63, 3.8) is 0 Å². The first-order valence-corrected chi connectivity index (χ1v) is 9.09. The molecule has 0 N–H and O–H groups in total. The molecule has 1 unspecified atom stereocenters. The first-order chi connectivity index (χ1) is 11.8. The third kappa shape index (κ3) is 4.51. The van der Waals surface area contributed by atoms with E-state index in [9.17, 15) is 4.79 Å². The molecule has 3 heterocycles. The molecule has 0 saturated carbocycles. The zero-order valence-corrected chi connectivity index (χ0v) is 14.7. The van der Waals surface area contributed by atoms with E-state index in [1.807, 2.05) is 17.5 Å². The van der Waals surface area contributed by atoms with Gasteiger partial charge in [0, 0.05) is 37.8 Å². The second-order valence-electron chi connectivity index (χ2n) is 5.56. The van der Waals surface area contributed by atoms with Gasteiger partial charge in [0.2, 0.25) is 0 Å². The average molecular weight is 367 g/mol. The molecule has 1 aliphatic heterocycles. The number of thiazole rings is 1. The standard InChI is InChI=1S/C16H19ClN4O2S/c17-13-1-2-16(18-7-13)21-5-3-20(4-6-21)15(8-22)10-23-9-14-11-24-12-19-14/h1-2,7-8,11-12,15H,3-6,9-10H2. The number of hydrogen-bond acceptors (Lipinski definition) is 7. The molecule has 0 spiro atoms. The number of piperazine rings is 1. The molecule has 0 bridgehead atoms. The van der Waals surface area contributed by atoms with Gasteiger partial charge in [-0.3, -0.25) is 4.90 Å². The lowest BCUT2D eigenvalue weighted by Gasteiger charge is -2.37. The Labute approximate surface area is 150 Å². The summed E-state index contributed by atoms with van der Waals surface area (Å²) in [4.78, 5) is 24.3. The summed E-state index contributed by atoms with van der Waals surface area (Å²) in [6.45, 7) is 4.08. The number of rotatable bonds is 7. The Hall–Kier alpha value is -1.54. The van der Waals surface area contributed by atoms with E-state index in [-0.39, 0.29) is 6.04 Å². The Morgan fingerprint density at radius 2 is 2.12 bits per heavy atom. The third-order valence-electron chi connectivity index (χ3n) is 4.00. The maximum Gasteiger partial charge on any atom is 0.139 e. The summed E-state index contributed by atoms with van der Waals surface area (Å²) < 4.78 is 5.64. The predicted molar refractivity (Wildman–Crippen MR) is 94.7 cm³/mol. The van der Waals surface area contributed by atoms with Gasteiger partial charge in [0.25, 0.3) is 0 Å². The van der Waals surface area contributed by atoms with Crippen molar-refractivity contribution < 1.29 is 9.53 Å². The number of ether oxygens (including phenoxy) is 1. The second kappa shape index (κ2) is 8.53. The summed E-state index contributed by atoms with van der Waals surface area (Å²) in [5.41, 5.74) is 2.68. The Balaban J connectivity index is 1.47. The van der Waals surface area contributed by atoms with Gasteiger partial charge in [-0.2, -0.15) is 0 Å². The zero-order chi connectivity index (χ0) is 16.8. The van der Waals surface area contributed by atoms with Gasteiger partial charge in [-0.05, 0) is 12.1 Å². The van der Waals surface area contributed by atoms with Crippen molar-refractivity contribution in [3.05, 3.63) is 39.9 Å². The van der Waals surface area contributed by atoms with Crippen molar-refractivity contribution in [1.82, 2.24) is 14.9 Å². The molecule has 2 aromatic rings. The fourth-order valence-electron chi connectivity index (χ4n) is 2.66. The minimum atomic E-state index is -0.219. The minimum absolute atomic E-state index is 0.219. The average Bonchev–Trinajstić information content (AvgIpc) is 3.13.